The maximum Gasteiger partial charge on any atom is 0.128 e. The van der Waals surface area contributed by atoms with Gasteiger partial charge in [-0.05, 0) is 66.6 Å². The Hall–Kier alpha value is -2.88. The van der Waals surface area contributed by atoms with Gasteiger partial charge in [0.1, 0.15) is 23.5 Å². The molecule has 0 N–H and O–H groups in total. The van der Waals surface area contributed by atoms with Gasteiger partial charge >= 0.3 is 0 Å². The molecule has 0 unspecified atom stereocenters. The molecule has 0 spiro atoms. The average molecular weight is 333 g/mol. The fourth-order valence-corrected chi connectivity index (χ4v) is 2.66. The number of nitrogens with zero attached hydrogens (tertiary/aromatic N) is 1. The summed E-state index contributed by atoms with van der Waals surface area (Å²) in [5, 5.41) is 2.03. The molecule has 0 atom stereocenters. The number of rotatable bonds is 7. The van der Waals surface area contributed by atoms with Gasteiger partial charge in [0.05, 0.1) is 6.61 Å². The van der Waals surface area contributed by atoms with Gasteiger partial charge in [-0.25, -0.2) is 0 Å². The summed E-state index contributed by atoms with van der Waals surface area (Å²) < 4.78 is 11.7. The first-order valence-electron chi connectivity index (χ1n) is 8.53. The molecule has 2 aromatic carbocycles. The Bertz CT molecular complexity index is 885. The Morgan fingerprint density at radius 1 is 0.960 bits per heavy atom. The topological polar surface area (TPSA) is 48.4 Å². The summed E-state index contributed by atoms with van der Waals surface area (Å²) in [6.07, 6.45) is 5.55. The first-order valence-corrected chi connectivity index (χ1v) is 8.53. The minimum atomic E-state index is 0.337. The van der Waals surface area contributed by atoms with Crippen LogP contribution in [-0.2, 0) is 11.2 Å². The smallest absolute Gasteiger partial charge is 0.128 e. The number of ether oxygens (including phenoxy) is 2. The number of fused-ring (bicyclic) bond motifs is 1. The molecule has 4 heteroatoms. The Labute approximate surface area is 146 Å². The van der Waals surface area contributed by atoms with Crippen LogP contribution in [0.1, 0.15) is 18.5 Å². The first-order chi connectivity index (χ1) is 12.3. The van der Waals surface area contributed by atoms with Crippen LogP contribution in [0.25, 0.3) is 10.8 Å². The lowest BCUT2D eigenvalue weighted by molar-refractivity contribution is -0.107. The lowest BCUT2D eigenvalue weighted by Crippen LogP contribution is -1.98. The molecule has 1 heterocycles. The summed E-state index contributed by atoms with van der Waals surface area (Å²) >= 11 is 0. The molecule has 1 aliphatic rings. The van der Waals surface area contributed by atoms with E-state index >= 15 is 0 Å². The molecule has 1 aliphatic carbocycles. The Kier molecular flexibility index (Phi) is 4.34. The van der Waals surface area contributed by atoms with Crippen molar-refractivity contribution in [1.82, 2.24) is 4.98 Å². The molecule has 1 saturated carbocycles. The zero-order valence-electron chi connectivity index (χ0n) is 13.9. The number of aldehydes is 1. The second kappa shape index (κ2) is 6.93. The number of benzene rings is 2. The quantitative estimate of drug-likeness (QED) is 0.595. The van der Waals surface area contributed by atoms with Crippen molar-refractivity contribution in [3.05, 3.63) is 60.4 Å². The van der Waals surface area contributed by atoms with E-state index in [1.54, 1.807) is 6.20 Å². The summed E-state index contributed by atoms with van der Waals surface area (Å²) in [5.41, 5.74) is 0.776. The molecule has 126 valence electrons. The van der Waals surface area contributed by atoms with Crippen molar-refractivity contribution in [2.24, 2.45) is 5.92 Å². The Balaban J connectivity index is 1.45. The highest BCUT2D eigenvalue weighted by molar-refractivity contribution is 5.83. The highest BCUT2D eigenvalue weighted by Crippen LogP contribution is 2.30. The van der Waals surface area contributed by atoms with Crippen molar-refractivity contribution >= 4 is 17.1 Å². The molecule has 0 radical (unpaired) electrons. The maximum absolute atomic E-state index is 10.6. The van der Waals surface area contributed by atoms with Crippen molar-refractivity contribution < 1.29 is 14.3 Å². The van der Waals surface area contributed by atoms with E-state index in [0.29, 0.717) is 6.42 Å². The van der Waals surface area contributed by atoms with Gasteiger partial charge in [-0.3, -0.25) is 4.98 Å². The van der Waals surface area contributed by atoms with E-state index in [9.17, 15) is 4.79 Å². The third-order valence-corrected chi connectivity index (χ3v) is 4.28. The third-order valence-electron chi connectivity index (χ3n) is 4.28. The summed E-state index contributed by atoms with van der Waals surface area (Å²) in [5.74, 6) is 3.14. The van der Waals surface area contributed by atoms with Gasteiger partial charge in [0.2, 0.25) is 0 Å². The number of aromatic nitrogens is 1. The summed E-state index contributed by atoms with van der Waals surface area (Å²) in [6, 6.07) is 15.5. The fourth-order valence-electron chi connectivity index (χ4n) is 2.66. The van der Waals surface area contributed by atoms with Gasteiger partial charge in [0.25, 0.3) is 0 Å². The van der Waals surface area contributed by atoms with Crippen molar-refractivity contribution in [2.75, 3.05) is 6.61 Å². The number of hydrogen-bond donors (Lipinski definition) is 0. The predicted molar refractivity (Wildman–Crippen MR) is 96.2 cm³/mol. The summed E-state index contributed by atoms with van der Waals surface area (Å²) in [4.78, 5) is 14.9. The number of pyridine rings is 1. The van der Waals surface area contributed by atoms with Crippen LogP contribution >= 0.6 is 0 Å². The van der Waals surface area contributed by atoms with Crippen LogP contribution in [0, 0.1) is 5.92 Å². The van der Waals surface area contributed by atoms with Gasteiger partial charge in [-0.2, -0.15) is 0 Å². The van der Waals surface area contributed by atoms with Crippen LogP contribution in [0.3, 0.4) is 0 Å². The Morgan fingerprint density at radius 3 is 2.48 bits per heavy atom. The maximum atomic E-state index is 10.6. The zero-order valence-corrected chi connectivity index (χ0v) is 13.9. The van der Waals surface area contributed by atoms with Gasteiger partial charge in [0.15, 0.2) is 0 Å². The highest BCUT2D eigenvalue weighted by atomic mass is 16.5. The third kappa shape index (κ3) is 3.97. The number of carbonyl (C=O) groups excluding carboxylic acids is 1. The van der Waals surface area contributed by atoms with Crippen LogP contribution in [0.4, 0.5) is 0 Å². The number of hydrogen-bond acceptors (Lipinski definition) is 4. The SMILES string of the molecule is O=CCc1cc2ccc(Oc3ccc(OCC4CC4)cc3)cc2cn1. The normalized spacial score (nSPS) is 13.6. The molecule has 0 amide bonds. The lowest BCUT2D eigenvalue weighted by Gasteiger charge is -2.09. The monoisotopic (exact) mass is 333 g/mol. The molecule has 1 aromatic heterocycles. The fraction of sp³-hybridized carbons (Fsp3) is 0.238. The molecular formula is C21H19NO3. The molecule has 1 fully saturated rings. The lowest BCUT2D eigenvalue weighted by atomic mass is 10.1. The van der Waals surface area contributed by atoms with Crippen LogP contribution < -0.4 is 9.47 Å². The van der Waals surface area contributed by atoms with Gasteiger partial charge in [0, 0.05) is 23.7 Å². The van der Waals surface area contributed by atoms with E-state index in [1.165, 1.54) is 12.8 Å². The minimum Gasteiger partial charge on any atom is -0.493 e. The van der Waals surface area contributed by atoms with E-state index in [0.717, 1.165) is 52.5 Å². The second-order valence-electron chi connectivity index (χ2n) is 6.38. The van der Waals surface area contributed by atoms with Crippen LogP contribution in [-0.4, -0.2) is 17.9 Å². The molecule has 4 rings (SSSR count). The minimum absolute atomic E-state index is 0.337. The number of carbonyl (C=O) groups is 1. The molecule has 0 bridgehead atoms. The van der Waals surface area contributed by atoms with Crippen LogP contribution in [0.5, 0.6) is 17.2 Å². The van der Waals surface area contributed by atoms with Gasteiger partial charge in [-0.15, -0.1) is 0 Å². The van der Waals surface area contributed by atoms with Gasteiger partial charge in [-0.1, -0.05) is 6.07 Å². The van der Waals surface area contributed by atoms with E-state index in [4.69, 9.17) is 9.47 Å². The second-order valence-corrected chi connectivity index (χ2v) is 6.38. The van der Waals surface area contributed by atoms with E-state index in [2.05, 4.69) is 4.98 Å². The standard InChI is InChI=1S/C21H19NO3/c23-10-9-18-11-16-3-4-21(12-17(16)13-22-18)25-20-7-5-19(6-8-20)24-14-15-1-2-15/h3-8,10-13,15H,1-2,9,14H2. The van der Waals surface area contributed by atoms with E-state index < -0.39 is 0 Å². The summed E-state index contributed by atoms with van der Waals surface area (Å²) in [7, 11) is 0. The van der Waals surface area contributed by atoms with E-state index in [-0.39, 0.29) is 0 Å². The van der Waals surface area contributed by atoms with Gasteiger partial charge < -0.3 is 14.3 Å². The average Bonchev–Trinajstić information content (AvgIpc) is 3.46. The van der Waals surface area contributed by atoms with Crippen molar-refractivity contribution in [3.63, 3.8) is 0 Å². The largest absolute Gasteiger partial charge is 0.493 e. The van der Waals surface area contributed by atoms with Crippen LogP contribution in [0.2, 0.25) is 0 Å². The molecular weight excluding hydrogens is 314 g/mol. The van der Waals surface area contributed by atoms with Crippen molar-refractivity contribution in [3.8, 4) is 17.2 Å². The zero-order chi connectivity index (χ0) is 17.1. The predicted octanol–water partition coefficient (Wildman–Crippen LogP) is 4.56. The summed E-state index contributed by atoms with van der Waals surface area (Å²) in [6.45, 7) is 0.809. The molecule has 4 nitrogen and oxygen atoms in total. The van der Waals surface area contributed by atoms with Crippen LogP contribution in [0.15, 0.2) is 54.7 Å². The van der Waals surface area contributed by atoms with Crippen molar-refractivity contribution in [1.29, 1.82) is 0 Å². The molecule has 3 aromatic rings. The highest BCUT2D eigenvalue weighted by Gasteiger charge is 2.21. The van der Waals surface area contributed by atoms with E-state index in [1.807, 2.05) is 48.5 Å². The molecule has 0 aliphatic heterocycles. The van der Waals surface area contributed by atoms with Crippen molar-refractivity contribution in [2.45, 2.75) is 19.3 Å². The molecule has 25 heavy (non-hydrogen) atoms. The first kappa shape index (κ1) is 15.6. The molecule has 0 saturated heterocycles. The Morgan fingerprint density at radius 2 is 1.72 bits per heavy atom.